The third kappa shape index (κ3) is 4.66. The second-order valence-electron chi connectivity index (χ2n) is 5.89. The zero-order chi connectivity index (χ0) is 16.6. The van der Waals surface area contributed by atoms with Crippen LogP contribution in [-0.2, 0) is 9.47 Å². The van der Waals surface area contributed by atoms with Gasteiger partial charge in [-0.1, -0.05) is 42.5 Å². The highest BCUT2D eigenvalue weighted by atomic mass is 16.5. The Balaban J connectivity index is 1.45. The van der Waals surface area contributed by atoms with E-state index in [9.17, 15) is 4.79 Å². The summed E-state index contributed by atoms with van der Waals surface area (Å²) in [6, 6.07) is 17.7. The van der Waals surface area contributed by atoms with Crippen molar-refractivity contribution in [2.24, 2.45) is 0 Å². The average molecular weight is 325 g/mol. The molecule has 1 saturated heterocycles. The second kappa shape index (κ2) is 8.62. The molecule has 1 aliphatic rings. The van der Waals surface area contributed by atoms with Gasteiger partial charge in [0.15, 0.2) is 0 Å². The Kier molecular flexibility index (Phi) is 5.99. The molecule has 0 atom stereocenters. The Morgan fingerprint density at radius 2 is 1.62 bits per heavy atom. The third-order valence-corrected chi connectivity index (χ3v) is 4.18. The van der Waals surface area contributed by atoms with Crippen molar-refractivity contribution in [3.8, 4) is 11.1 Å². The minimum Gasteiger partial charge on any atom is -0.462 e. The fraction of sp³-hybridized carbons (Fsp3) is 0.350. The number of hydrogen-bond acceptors (Lipinski definition) is 4. The van der Waals surface area contributed by atoms with Crippen LogP contribution in [0.4, 0.5) is 0 Å². The van der Waals surface area contributed by atoms with Gasteiger partial charge in [-0.05, 0) is 29.7 Å². The minimum atomic E-state index is -0.253. The van der Waals surface area contributed by atoms with Crippen molar-refractivity contribution in [2.75, 3.05) is 39.5 Å². The quantitative estimate of drug-likeness (QED) is 0.604. The molecule has 4 heteroatoms. The normalized spacial score (nSPS) is 15.2. The van der Waals surface area contributed by atoms with Crippen LogP contribution in [0.3, 0.4) is 0 Å². The van der Waals surface area contributed by atoms with Crippen molar-refractivity contribution in [1.29, 1.82) is 0 Å². The first-order valence-corrected chi connectivity index (χ1v) is 8.46. The highest BCUT2D eigenvalue weighted by Crippen LogP contribution is 2.19. The molecule has 1 aliphatic heterocycles. The van der Waals surface area contributed by atoms with Gasteiger partial charge >= 0.3 is 5.97 Å². The molecule has 0 radical (unpaired) electrons. The van der Waals surface area contributed by atoms with E-state index in [0.717, 1.165) is 50.4 Å². The molecule has 126 valence electrons. The molecular formula is C20H23NO3. The lowest BCUT2D eigenvalue weighted by atomic mass is 10.0. The summed E-state index contributed by atoms with van der Waals surface area (Å²) in [6.07, 6.45) is 0.855. The van der Waals surface area contributed by atoms with Crippen molar-refractivity contribution in [3.05, 3.63) is 60.2 Å². The molecule has 0 spiro atoms. The molecule has 2 aromatic carbocycles. The van der Waals surface area contributed by atoms with Gasteiger partial charge in [0.2, 0.25) is 0 Å². The lowest BCUT2D eigenvalue weighted by molar-refractivity contribution is 0.0298. The van der Waals surface area contributed by atoms with E-state index >= 15 is 0 Å². The van der Waals surface area contributed by atoms with Gasteiger partial charge < -0.3 is 9.47 Å². The number of esters is 1. The molecule has 0 bridgehead atoms. The molecule has 24 heavy (non-hydrogen) atoms. The molecule has 0 aliphatic carbocycles. The predicted octanol–water partition coefficient (Wildman–Crippen LogP) is 3.23. The van der Waals surface area contributed by atoms with E-state index in [0.29, 0.717) is 12.2 Å². The summed E-state index contributed by atoms with van der Waals surface area (Å²) in [4.78, 5) is 14.4. The van der Waals surface area contributed by atoms with E-state index in [1.165, 1.54) is 0 Å². The van der Waals surface area contributed by atoms with Crippen LogP contribution in [0.15, 0.2) is 54.6 Å². The number of carbonyl (C=O) groups is 1. The number of morpholine rings is 1. The van der Waals surface area contributed by atoms with Crippen LogP contribution in [-0.4, -0.2) is 50.3 Å². The number of rotatable bonds is 6. The van der Waals surface area contributed by atoms with E-state index in [-0.39, 0.29) is 5.97 Å². The van der Waals surface area contributed by atoms with E-state index < -0.39 is 0 Å². The van der Waals surface area contributed by atoms with Crippen LogP contribution in [0.1, 0.15) is 16.8 Å². The number of hydrogen-bond donors (Lipinski definition) is 0. The molecule has 1 fully saturated rings. The Hall–Kier alpha value is -2.17. The molecule has 0 saturated carbocycles. The van der Waals surface area contributed by atoms with E-state index in [1.807, 2.05) is 42.5 Å². The molecule has 0 N–H and O–H groups in total. The smallest absolute Gasteiger partial charge is 0.338 e. The van der Waals surface area contributed by atoms with E-state index in [1.54, 1.807) is 0 Å². The standard InChI is InChI=1S/C20H23NO3/c22-20(24-14-4-11-21-12-15-23-16-13-21)19-9-7-18(8-10-19)17-5-2-1-3-6-17/h1-3,5-10H,4,11-16H2. The van der Waals surface area contributed by atoms with Crippen LogP contribution in [0.2, 0.25) is 0 Å². The Morgan fingerprint density at radius 3 is 2.33 bits per heavy atom. The molecule has 0 aromatic heterocycles. The summed E-state index contributed by atoms with van der Waals surface area (Å²) in [5.41, 5.74) is 2.84. The molecule has 4 nitrogen and oxygen atoms in total. The van der Waals surface area contributed by atoms with E-state index in [2.05, 4.69) is 17.0 Å². The topological polar surface area (TPSA) is 38.8 Å². The van der Waals surface area contributed by atoms with Crippen molar-refractivity contribution < 1.29 is 14.3 Å². The number of benzene rings is 2. The van der Waals surface area contributed by atoms with Gasteiger partial charge in [-0.15, -0.1) is 0 Å². The zero-order valence-electron chi connectivity index (χ0n) is 13.8. The fourth-order valence-electron chi connectivity index (χ4n) is 2.79. The summed E-state index contributed by atoms with van der Waals surface area (Å²) in [7, 11) is 0. The first-order chi connectivity index (χ1) is 11.8. The molecular weight excluding hydrogens is 302 g/mol. The molecule has 1 heterocycles. The summed E-state index contributed by atoms with van der Waals surface area (Å²) < 4.78 is 10.7. The molecule has 0 amide bonds. The van der Waals surface area contributed by atoms with Crippen molar-refractivity contribution in [2.45, 2.75) is 6.42 Å². The van der Waals surface area contributed by atoms with Crippen molar-refractivity contribution in [1.82, 2.24) is 4.90 Å². The summed E-state index contributed by atoms with van der Waals surface area (Å²) >= 11 is 0. The molecule has 0 unspecified atom stereocenters. The van der Waals surface area contributed by atoms with Crippen LogP contribution < -0.4 is 0 Å². The fourth-order valence-corrected chi connectivity index (χ4v) is 2.79. The third-order valence-electron chi connectivity index (χ3n) is 4.18. The Bertz CT molecular complexity index is 634. The van der Waals surface area contributed by atoms with Gasteiger partial charge in [0.25, 0.3) is 0 Å². The van der Waals surface area contributed by atoms with Crippen molar-refractivity contribution >= 4 is 5.97 Å². The highest BCUT2D eigenvalue weighted by molar-refractivity contribution is 5.90. The van der Waals surface area contributed by atoms with Crippen molar-refractivity contribution in [3.63, 3.8) is 0 Å². The van der Waals surface area contributed by atoms with Crippen LogP contribution in [0.25, 0.3) is 11.1 Å². The largest absolute Gasteiger partial charge is 0.462 e. The second-order valence-corrected chi connectivity index (χ2v) is 5.89. The maximum atomic E-state index is 12.1. The average Bonchev–Trinajstić information content (AvgIpc) is 2.67. The summed E-state index contributed by atoms with van der Waals surface area (Å²) in [6.45, 7) is 4.94. The molecule has 3 rings (SSSR count). The van der Waals surface area contributed by atoms with Gasteiger partial charge in [-0.25, -0.2) is 4.79 Å². The van der Waals surface area contributed by atoms with Gasteiger partial charge in [-0.3, -0.25) is 4.90 Å². The van der Waals surface area contributed by atoms with Gasteiger partial charge in [-0.2, -0.15) is 0 Å². The Morgan fingerprint density at radius 1 is 0.958 bits per heavy atom. The van der Waals surface area contributed by atoms with E-state index in [4.69, 9.17) is 9.47 Å². The lowest BCUT2D eigenvalue weighted by Crippen LogP contribution is -2.37. The van der Waals surface area contributed by atoms with Crippen LogP contribution in [0, 0.1) is 0 Å². The highest BCUT2D eigenvalue weighted by Gasteiger charge is 2.11. The number of carbonyl (C=O) groups excluding carboxylic acids is 1. The Labute approximate surface area is 143 Å². The SMILES string of the molecule is O=C(OCCCN1CCOCC1)c1ccc(-c2ccccc2)cc1. The zero-order valence-corrected chi connectivity index (χ0v) is 13.8. The summed E-state index contributed by atoms with van der Waals surface area (Å²) in [5.74, 6) is -0.253. The molecule has 2 aromatic rings. The summed E-state index contributed by atoms with van der Waals surface area (Å²) in [5, 5.41) is 0. The number of nitrogens with zero attached hydrogens (tertiary/aromatic N) is 1. The number of ether oxygens (including phenoxy) is 2. The minimum absolute atomic E-state index is 0.253. The van der Waals surface area contributed by atoms with Gasteiger partial charge in [0.05, 0.1) is 25.4 Å². The maximum Gasteiger partial charge on any atom is 0.338 e. The lowest BCUT2D eigenvalue weighted by Gasteiger charge is -2.26. The van der Waals surface area contributed by atoms with Gasteiger partial charge in [0, 0.05) is 19.6 Å². The first kappa shape index (κ1) is 16.7. The van der Waals surface area contributed by atoms with Crippen LogP contribution in [0.5, 0.6) is 0 Å². The maximum absolute atomic E-state index is 12.1. The predicted molar refractivity (Wildman–Crippen MR) is 94.0 cm³/mol. The monoisotopic (exact) mass is 325 g/mol. The first-order valence-electron chi connectivity index (χ1n) is 8.46. The van der Waals surface area contributed by atoms with Gasteiger partial charge in [0.1, 0.15) is 0 Å². The van der Waals surface area contributed by atoms with Crippen LogP contribution >= 0.6 is 0 Å².